The van der Waals surface area contributed by atoms with Crippen LogP contribution in [-0.2, 0) is 0 Å². The highest BCUT2D eigenvalue weighted by molar-refractivity contribution is 14.0. The highest BCUT2D eigenvalue weighted by Gasteiger charge is 2.36. The number of halogens is 1. The van der Waals surface area contributed by atoms with Crippen molar-refractivity contribution in [3.8, 4) is 0 Å². The molecule has 5 heteroatoms. The quantitative estimate of drug-likeness (QED) is 0.402. The van der Waals surface area contributed by atoms with Gasteiger partial charge in [0.25, 0.3) is 0 Å². The second kappa shape index (κ2) is 9.87. The second-order valence-corrected chi connectivity index (χ2v) is 7.13. The Morgan fingerprint density at radius 1 is 1.43 bits per heavy atom. The van der Waals surface area contributed by atoms with Crippen LogP contribution in [0, 0.1) is 11.8 Å². The van der Waals surface area contributed by atoms with Crippen LogP contribution in [0.1, 0.15) is 52.9 Å². The lowest BCUT2D eigenvalue weighted by Gasteiger charge is -2.44. The summed E-state index contributed by atoms with van der Waals surface area (Å²) in [6, 6.07) is 0. The monoisotopic (exact) mass is 410 g/mol. The lowest BCUT2D eigenvalue weighted by Crippen LogP contribution is -2.50. The molecule has 1 rings (SSSR count). The minimum Gasteiger partial charge on any atom is -0.370 e. The molecular weight excluding hydrogens is 375 g/mol. The van der Waals surface area contributed by atoms with E-state index in [0.29, 0.717) is 11.9 Å². The summed E-state index contributed by atoms with van der Waals surface area (Å²) in [5, 5.41) is 3.23. The molecule has 0 bridgehead atoms. The summed E-state index contributed by atoms with van der Waals surface area (Å²) in [5.41, 5.74) is 6.19. The molecule has 0 spiro atoms. The maximum atomic E-state index is 5.99. The van der Waals surface area contributed by atoms with Gasteiger partial charge in [0, 0.05) is 12.1 Å². The molecule has 0 heterocycles. The Hall–Kier alpha value is -0.0400. The Bertz CT molecular complexity index is 317. The molecule has 0 aliphatic heterocycles. The van der Waals surface area contributed by atoms with Crippen molar-refractivity contribution in [3.63, 3.8) is 0 Å². The molecule has 0 aromatic heterocycles. The van der Waals surface area contributed by atoms with Crippen LogP contribution in [0.25, 0.3) is 0 Å². The number of guanidine groups is 1. The topological polar surface area (TPSA) is 53.6 Å². The normalized spacial score (nSPS) is 26.8. The fourth-order valence-corrected chi connectivity index (χ4v) is 3.10. The van der Waals surface area contributed by atoms with E-state index in [9.17, 15) is 0 Å². The van der Waals surface area contributed by atoms with Gasteiger partial charge in [-0.05, 0) is 45.2 Å². The summed E-state index contributed by atoms with van der Waals surface area (Å²) in [6.07, 6.45) is 6.24. The van der Waals surface area contributed by atoms with Crippen molar-refractivity contribution in [2.75, 3.05) is 27.2 Å². The van der Waals surface area contributed by atoms with Crippen molar-refractivity contribution in [1.82, 2.24) is 10.2 Å². The summed E-state index contributed by atoms with van der Waals surface area (Å²) in [5.74, 6) is 2.09. The molecule has 1 aliphatic carbocycles. The van der Waals surface area contributed by atoms with Gasteiger partial charge < -0.3 is 16.0 Å². The first kappa shape index (κ1) is 21.0. The smallest absolute Gasteiger partial charge is 0.188 e. The maximum absolute atomic E-state index is 5.99. The SMILES string of the molecule is CC(C)CCNC(N)=NCC1(N(C)C)CCCC(C)C1.I. The van der Waals surface area contributed by atoms with E-state index >= 15 is 0 Å². The van der Waals surface area contributed by atoms with Crippen molar-refractivity contribution in [3.05, 3.63) is 0 Å². The minimum atomic E-state index is 0. The van der Waals surface area contributed by atoms with Crippen LogP contribution in [0.4, 0.5) is 0 Å². The van der Waals surface area contributed by atoms with Gasteiger partial charge in [0.2, 0.25) is 0 Å². The maximum Gasteiger partial charge on any atom is 0.188 e. The average molecular weight is 410 g/mol. The third kappa shape index (κ3) is 7.17. The first-order valence-electron chi connectivity index (χ1n) is 8.07. The zero-order valence-corrected chi connectivity index (χ0v) is 16.8. The van der Waals surface area contributed by atoms with Gasteiger partial charge in [0.15, 0.2) is 5.96 Å². The predicted octanol–water partition coefficient (Wildman–Crippen LogP) is 3.07. The van der Waals surface area contributed by atoms with Crippen LogP contribution in [0.5, 0.6) is 0 Å². The van der Waals surface area contributed by atoms with Crippen LogP contribution >= 0.6 is 24.0 Å². The zero-order valence-electron chi connectivity index (χ0n) is 14.5. The largest absolute Gasteiger partial charge is 0.370 e. The summed E-state index contributed by atoms with van der Waals surface area (Å²) in [4.78, 5) is 6.97. The number of hydrogen-bond donors (Lipinski definition) is 2. The molecule has 1 aliphatic rings. The summed E-state index contributed by atoms with van der Waals surface area (Å²) in [7, 11) is 4.35. The molecule has 4 nitrogen and oxygen atoms in total. The van der Waals surface area contributed by atoms with E-state index in [1.165, 1.54) is 25.7 Å². The van der Waals surface area contributed by atoms with Gasteiger partial charge in [-0.3, -0.25) is 4.99 Å². The van der Waals surface area contributed by atoms with Crippen LogP contribution in [0.2, 0.25) is 0 Å². The third-order valence-electron chi connectivity index (χ3n) is 4.59. The molecule has 0 saturated heterocycles. The number of rotatable bonds is 6. The summed E-state index contributed by atoms with van der Waals surface area (Å²) in [6.45, 7) is 8.52. The Balaban J connectivity index is 0.00000400. The Labute approximate surface area is 148 Å². The fourth-order valence-electron chi connectivity index (χ4n) is 3.10. The van der Waals surface area contributed by atoms with Crippen molar-refractivity contribution >= 4 is 29.9 Å². The van der Waals surface area contributed by atoms with Crippen LogP contribution in [0.15, 0.2) is 4.99 Å². The van der Waals surface area contributed by atoms with Gasteiger partial charge in [-0.1, -0.05) is 33.6 Å². The van der Waals surface area contributed by atoms with E-state index in [2.05, 4.69) is 50.1 Å². The number of likely N-dealkylation sites (N-methyl/N-ethyl adjacent to an activating group) is 1. The summed E-state index contributed by atoms with van der Waals surface area (Å²) >= 11 is 0. The van der Waals surface area contributed by atoms with Crippen molar-refractivity contribution in [1.29, 1.82) is 0 Å². The van der Waals surface area contributed by atoms with Gasteiger partial charge in [-0.2, -0.15) is 0 Å². The van der Waals surface area contributed by atoms with Crippen molar-refractivity contribution in [2.24, 2.45) is 22.6 Å². The third-order valence-corrected chi connectivity index (χ3v) is 4.59. The standard InChI is InChI=1S/C16H34N4.HI/c1-13(2)8-10-18-15(17)19-12-16(20(4)5)9-6-7-14(3)11-16;/h13-14H,6-12H2,1-5H3,(H3,17,18,19);1H. The number of nitrogens with zero attached hydrogens (tertiary/aromatic N) is 2. The number of nitrogens with one attached hydrogen (secondary N) is 1. The predicted molar refractivity (Wildman–Crippen MR) is 103 cm³/mol. The molecule has 1 saturated carbocycles. The van der Waals surface area contributed by atoms with Crippen molar-refractivity contribution < 1.29 is 0 Å². The molecule has 0 aromatic carbocycles. The molecule has 0 radical (unpaired) electrons. The lowest BCUT2D eigenvalue weighted by molar-refractivity contribution is 0.0845. The van der Waals surface area contributed by atoms with Gasteiger partial charge >= 0.3 is 0 Å². The Morgan fingerprint density at radius 2 is 2.10 bits per heavy atom. The van der Waals surface area contributed by atoms with Gasteiger partial charge in [-0.25, -0.2) is 0 Å². The van der Waals surface area contributed by atoms with E-state index in [-0.39, 0.29) is 29.5 Å². The van der Waals surface area contributed by atoms with Gasteiger partial charge in [-0.15, -0.1) is 24.0 Å². The number of nitrogens with two attached hydrogens (primary N) is 1. The lowest BCUT2D eigenvalue weighted by atomic mass is 9.75. The van der Waals surface area contributed by atoms with Crippen LogP contribution < -0.4 is 11.1 Å². The molecule has 2 unspecified atom stereocenters. The first-order valence-corrected chi connectivity index (χ1v) is 8.07. The average Bonchev–Trinajstić information content (AvgIpc) is 2.36. The van der Waals surface area contributed by atoms with E-state index in [1.54, 1.807) is 0 Å². The van der Waals surface area contributed by atoms with Crippen LogP contribution in [0.3, 0.4) is 0 Å². The van der Waals surface area contributed by atoms with E-state index < -0.39 is 0 Å². The van der Waals surface area contributed by atoms with Crippen LogP contribution in [-0.4, -0.2) is 43.6 Å². The van der Waals surface area contributed by atoms with Gasteiger partial charge in [0.05, 0.1) is 6.54 Å². The van der Waals surface area contributed by atoms with E-state index in [0.717, 1.165) is 25.4 Å². The minimum absolute atomic E-state index is 0. The molecule has 0 amide bonds. The molecule has 1 fully saturated rings. The number of hydrogen-bond acceptors (Lipinski definition) is 2. The number of aliphatic imine (C=N–C) groups is 1. The fraction of sp³-hybridized carbons (Fsp3) is 0.938. The van der Waals surface area contributed by atoms with Crippen molar-refractivity contribution in [2.45, 2.75) is 58.4 Å². The molecule has 126 valence electrons. The summed E-state index contributed by atoms with van der Waals surface area (Å²) < 4.78 is 0. The second-order valence-electron chi connectivity index (χ2n) is 7.13. The highest BCUT2D eigenvalue weighted by atomic mass is 127. The van der Waals surface area contributed by atoms with E-state index in [1.807, 2.05) is 0 Å². The first-order chi connectivity index (χ1) is 9.35. The molecular formula is C16H35IN4. The molecule has 2 atom stereocenters. The zero-order chi connectivity index (χ0) is 15.2. The Morgan fingerprint density at radius 3 is 2.62 bits per heavy atom. The molecule has 3 N–H and O–H groups in total. The molecule has 21 heavy (non-hydrogen) atoms. The highest BCUT2D eigenvalue weighted by Crippen LogP contribution is 2.35. The molecule has 0 aromatic rings. The Kier molecular flexibility index (Phi) is 9.85. The van der Waals surface area contributed by atoms with Gasteiger partial charge in [0.1, 0.15) is 0 Å². The van der Waals surface area contributed by atoms with E-state index in [4.69, 9.17) is 5.73 Å².